The highest BCUT2D eigenvalue weighted by atomic mass is 19.1. The highest BCUT2D eigenvalue weighted by Crippen LogP contribution is 2.17. The van der Waals surface area contributed by atoms with E-state index in [-0.39, 0.29) is 29.6 Å². The molecule has 2 aromatic carbocycles. The number of carbonyl (C=O) groups is 2. The molecule has 8 nitrogen and oxygen atoms in total. The van der Waals surface area contributed by atoms with Gasteiger partial charge in [0.1, 0.15) is 18.5 Å². The van der Waals surface area contributed by atoms with Crippen molar-refractivity contribution in [3.63, 3.8) is 0 Å². The Balaban J connectivity index is 1.25. The third-order valence-corrected chi connectivity index (χ3v) is 5.65. The van der Waals surface area contributed by atoms with Crippen LogP contribution in [0.5, 0.6) is 0 Å². The molecule has 1 aliphatic heterocycles. The molecule has 0 spiro atoms. The number of urea groups is 1. The third-order valence-electron chi connectivity index (χ3n) is 5.65. The second-order valence-corrected chi connectivity index (χ2v) is 7.82. The Bertz CT molecular complexity index is 1060. The van der Waals surface area contributed by atoms with E-state index in [0.29, 0.717) is 25.9 Å². The van der Waals surface area contributed by atoms with Crippen LogP contribution in [0.3, 0.4) is 0 Å². The van der Waals surface area contributed by atoms with Crippen molar-refractivity contribution in [2.45, 2.75) is 31.8 Å². The van der Waals surface area contributed by atoms with Crippen LogP contribution in [0.2, 0.25) is 0 Å². The number of nitrogens with zero attached hydrogens (tertiary/aromatic N) is 4. The number of hydrogen-bond acceptors (Lipinski definition) is 4. The maximum atomic E-state index is 13.9. The molecule has 1 aromatic heterocycles. The Morgan fingerprint density at radius 2 is 1.81 bits per heavy atom. The van der Waals surface area contributed by atoms with Crippen LogP contribution in [-0.2, 0) is 0 Å². The number of halogens is 1. The molecule has 0 bridgehead atoms. The summed E-state index contributed by atoms with van der Waals surface area (Å²) in [7, 11) is 0. The number of rotatable bonds is 5. The van der Waals surface area contributed by atoms with Crippen LogP contribution in [0.25, 0.3) is 5.69 Å². The number of benzene rings is 2. The maximum Gasteiger partial charge on any atom is 0.315 e. The van der Waals surface area contributed by atoms with Crippen molar-refractivity contribution in [1.82, 2.24) is 30.3 Å². The molecule has 166 valence electrons. The van der Waals surface area contributed by atoms with Gasteiger partial charge in [-0.25, -0.2) is 18.9 Å². The molecule has 1 saturated heterocycles. The van der Waals surface area contributed by atoms with Gasteiger partial charge in [-0.05, 0) is 49.6 Å². The highest BCUT2D eigenvalue weighted by Gasteiger charge is 2.26. The minimum atomic E-state index is -0.513. The van der Waals surface area contributed by atoms with Crippen molar-refractivity contribution in [3.8, 4) is 5.69 Å². The SMILES string of the molecule is CC(NC(=O)NC1CCN(C(=O)c2ccccc2F)CC1)c1ccc(-n2cncn2)cc1. The molecule has 1 aliphatic rings. The minimum absolute atomic E-state index is 0.0402. The number of likely N-dealkylation sites (tertiary alicyclic amines) is 1. The Hall–Kier alpha value is -3.75. The summed E-state index contributed by atoms with van der Waals surface area (Å²) in [6, 6.07) is 13.2. The lowest BCUT2D eigenvalue weighted by Crippen LogP contribution is -2.49. The van der Waals surface area contributed by atoms with Crippen molar-refractivity contribution in [2.75, 3.05) is 13.1 Å². The fourth-order valence-corrected chi connectivity index (χ4v) is 3.80. The smallest absolute Gasteiger partial charge is 0.315 e. The summed E-state index contributed by atoms with van der Waals surface area (Å²) in [4.78, 5) is 30.5. The number of nitrogens with one attached hydrogen (secondary N) is 2. The fourth-order valence-electron chi connectivity index (χ4n) is 3.80. The van der Waals surface area contributed by atoms with Gasteiger partial charge >= 0.3 is 6.03 Å². The standard InChI is InChI=1S/C23H25FN6O2/c1-16(17-6-8-19(9-7-17)30-15-25-14-26-30)27-23(32)28-18-10-12-29(13-11-18)22(31)20-4-2-3-5-21(20)24/h2-9,14-16,18H,10-13H2,1H3,(H2,27,28,32). The molecule has 0 aliphatic carbocycles. The molecule has 0 radical (unpaired) electrons. The van der Waals surface area contributed by atoms with Gasteiger partial charge in [-0.3, -0.25) is 4.79 Å². The van der Waals surface area contributed by atoms with Crippen LogP contribution in [-0.4, -0.2) is 50.7 Å². The average molecular weight is 436 g/mol. The Morgan fingerprint density at radius 3 is 2.47 bits per heavy atom. The molecule has 0 saturated carbocycles. The van der Waals surface area contributed by atoms with E-state index in [1.165, 1.54) is 18.5 Å². The molecule has 2 heterocycles. The van der Waals surface area contributed by atoms with Gasteiger partial charge in [0.15, 0.2) is 0 Å². The van der Waals surface area contributed by atoms with Gasteiger partial charge in [-0.2, -0.15) is 5.10 Å². The summed E-state index contributed by atoms with van der Waals surface area (Å²) in [6.45, 7) is 2.86. The van der Waals surface area contributed by atoms with Gasteiger partial charge in [0.25, 0.3) is 5.91 Å². The van der Waals surface area contributed by atoms with Crippen LogP contribution in [0, 0.1) is 5.82 Å². The van der Waals surface area contributed by atoms with E-state index in [9.17, 15) is 14.0 Å². The Morgan fingerprint density at radius 1 is 1.09 bits per heavy atom. The fraction of sp³-hybridized carbons (Fsp3) is 0.304. The van der Waals surface area contributed by atoms with E-state index in [1.807, 2.05) is 31.2 Å². The number of amides is 3. The zero-order valence-electron chi connectivity index (χ0n) is 17.7. The lowest BCUT2D eigenvalue weighted by Gasteiger charge is -2.32. The Labute approximate surface area is 185 Å². The zero-order chi connectivity index (χ0) is 22.5. The molecule has 4 rings (SSSR count). The van der Waals surface area contributed by atoms with Gasteiger partial charge in [-0.1, -0.05) is 24.3 Å². The van der Waals surface area contributed by atoms with Gasteiger partial charge in [0.05, 0.1) is 17.3 Å². The minimum Gasteiger partial charge on any atom is -0.338 e. The first-order valence-electron chi connectivity index (χ1n) is 10.6. The zero-order valence-corrected chi connectivity index (χ0v) is 17.7. The first-order chi connectivity index (χ1) is 15.5. The van der Waals surface area contributed by atoms with E-state index in [1.54, 1.807) is 28.0 Å². The summed E-state index contributed by atoms with van der Waals surface area (Å²) in [5.41, 5.74) is 1.94. The monoisotopic (exact) mass is 436 g/mol. The molecule has 1 unspecified atom stereocenters. The van der Waals surface area contributed by atoms with E-state index in [2.05, 4.69) is 20.7 Å². The molecule has 3 amide bonds. The van der Waals surface area contributed by atoms with E-state index < -0.39 is 5.82 Å². The van der Waals surface area contributed by atoms with E-state index in [4.69, 9.17) is 0 Å². The highest BCUT2D eigenvalue weighted by molar-refractivity contribution is 5.94. The molecule has 9 heteroatoms. The molecular formula is C23H25FN6O2. The van der Waals surface area contributed by atoms with Crippen molar-refractivity contribution < 1.29 is 14.0 Å². The number of piperidine rings is 1. The predicted octanol–water partition coefficient (Wildman–Crippen LogP) is 3.07. The van der Waals surface area contributed by atoms with Gasteiger partial charge in [0.2, 0.25) is 0 Å². The van der Waals surface area contributed by atoms with Crippen molar-refractivity contribution in [3.05, 3.63) is 78.1 Å². The number of carbonyl (C=O) groups excluding carboxylic acids is 2. The lowest BCUT2D eigenvalue weighted by atomic mass is 10.0. The van der Waals surface area contributed by atoms with Gasteiger partial charge < -0.3 is 15.5 Å². The molecule has 32 heavy (non-hydrogen) atoms. The molecule has 2 N–H and O–H groups in total. The van der Waals surface area contributed by atoms with Crippen molar-refractivity contribution >= 4 is 11.9 Å². The second-order valence-electron chi connectivity index (χ2n) is 7.82. The summed E-state index contributed by atoms with van der Waals surface area (Å²) in [5.74, 6) is -0.825. The summed E-state index contributed by atoms with van der Waals surface area (Å²) >= 11 is 0. The van der Waals surface area contributed by atoms with Crippen LogP contribution in [0.15, 0.2) is 61.2 Å². The van der Waals surface area contributed by atoms with Crippen LogP contribution >= 0.6 is 0 Å². The average Bonchev–Trinajstić information content (AvgIpc) is 3.34. The molecule has 3 aromatic rings. The third kappa shape index (κ3) is 4.93. The van der Waals surface area contributed by atoms with Crippen molar-refractivity contribution in [1.29, 1.82) is 0 Å². The second kappa shape index (κ2) is 9.59. The van der Waals surface area contributed by atoms with Gasteiger partial charge in [0, 0.05) is 19.1 Å². The first kappa shape index (κ1) is 21.5. The first-order valence-corrected chi connectivity index (χ1v) is 10.6. The predicted molar refractivity (Wildman–Crippen MR) is 117 cm³/mol. The topological polar surface area (TPSA) is 92.2 Å². The Kier molecular flexibility index (Phi) is 6.44. The number of aromatic nitrogens is 3. The summed E-state index contributed by atoms with van der Waals surface area (Å²) < 4.78 is 15.5. The van der Waals surface area contributed by atoms with E-state index >= 15 is 0 Å². The van der Waals surface area contributed by atoms with Gasteiger partial charge in [-0.15, -0.1) is 0 Å². The molecule has 1 atom stereocenters. The van der Waals surface area contributed by atoms with Crippen LogP contribution in [0.1, 0.15) is 41.7 Å². The lowest BCUT2D eigenvalue weighted by molar-refractivity contribution is 0.0703. The molecule has 1 fully saturated rings. The quantitative estimate of drug-likeness (QED) is 0.643. The summed E-state index contributed by atoms with van der Waals surface area (Å²) in [6.07, 6.45) is 4.34. The van der Waals surface area contributed by atoms with E-state index in [0.717, 1.165) is 11.3 Å². The summed E-state index contributed by atoms with van der Waals surface area (Å²) in [5, 5.41) is 10.0. The number of hydrogen-bond donors (Lipinski definition) is 2. The normalized spacial score (nSPS) is 15.2. The van der Waals surface area contributed by atoms with Crippen LogP contribution < -0.4 is 10.6 Å². The molecular weight excluding hydrogens is 411 g/mol. The van der Waals surface area contributed by atoms with Crippen molar-refractivity contribution in [2.24, 2.45) is 0 Å². The maximum absolute atomic E-state index is 13.9. The van der Waals surface area contributed by atoms with Crippen LogP contribution in [0.4, 0.5) is 9.18 Å². The largest absolute Gasteiger partial charge is 0.338 e.